The minimum absolute atomic E-state index is 0.197. The third-order valence-corrected chi connectivity index (χ3v) is 3.93. The van der Waals surface area contributed by atoms with Crippen LogP contribution in [0.2, 0.25) is 0 Å². The predicted molar refractivity (Wildman–Crippen MR) is 81.1 cm³/mol. The predicted octanol–water partition coefficient (Wildman–Crippen LogP) is 1.12. The lowest BCUT2D eigenvalue weighted by atomic mass is 9.96. The van der Waals surface area contributed by atoms with Gasteiger partial charge in [-0.2, -0.15) is 0 Å². The molecular formula is C16H17N3O4. The van der Waals surface area contributed by atoms with Crippen molar-refractivity contribution in [2.75, 3.05) is 32.8 Å². The third-order valence-electron chi connectivity index (χ3n) is 3.93. The lowest BCUT2D eigenvalue weighted by Gasteiger charge is -2.36. The van der Waals surface area contributed by atoms with E-state index in [2.05, 4.69) is 4.98 Å². The molecule has 2 heterocycles. The fourth-order valence-electron chi connectivity index (χ4n) is 2.76. The number of hydrogen-bond donors (Lipinski definition) is 0. The number of pyridine rings is 1. The number of piperazine rings is 1. The van der Waals surface area contributed by atoms with Gasteiger partial charge >= 0.3 is 6.09 Å². The Morgan fingerprint density at radius 3 is 2.70 bits per heavy atom. The van der Waals surface area contributed by atoms with Gasteiger partial charge in [0.05, 0.1) is 17.9 Å². The van der Waals surface area contributed by atoms with Crippen LogP contribution in [0.5, 0.6) is 0 Å². The Labute approximate surface area is 133 Å². The Morgan fingerprint density at radius 1 is 1.26 bits per heavy atom. The number of ketones is 2. The number of allylic oxidation sites excluding steroid dienone is 2. The second-order valence-electron chi connectivity index (χ2n) is 5.30. The highest BCUT2D eigenvalue weighted by Gasteiger charge is 2.32. The van der Waals surface area contributed by atoms with Gasteiger partial charge in [0.2, 0.25) is 11.6 Å². The first kappa shape index (κ1) is 15.2. The summed E-state index contributed by atoms with van der Waals surface area (Å²) >= 11 is 0. The van der Waals surface area contributed by atoms with E-state index < -0.39 is 0 Å². The topological polar surface area (TPSA) is 79.8 Å². The molecule has 7 nitrogen and oxygen atoms in total. The van der Waals surface area contributed by atoms with Crippen molar-refractivity contribution >= 4 is 17.7 Å². The Bertz CT molecular complexity index is 690. The molecule has 0 N–H and O–H groups in total. The Hall–Kier alpha value is -2.70. The van der Waals surface area contributed by atoms with Crippen molar-refractivity contribution in [1.29, 1.82) is 0 Å². The highest BCUT2D eigenvalue weighted by Crippen LogP contribution is 2.23. The van der Waals surface area contributed by atoms with Crippen molar-refractivity contribution in [1.82, 2.24) is 14.8 Å². The fraction of sp³-hybridized carbons (Fsp3) is 0.375. The molecule has 23 heavy (non-hydrogen) atoms. The minimum Gasteiger partial charge on any atom is -0.450 e. The van der Waals surface area contributed by atoms with Crippen LogP contribution in [0, 0.1) is 0 Å². The molecule has 0 spiro atoms. The fourth-order valence-corrected chi connectivity index (χ4v) is 2.76. The lowest BCUT2D eigenvalue weighted by molar-refractivity contribution is 0.0806. The summed E-state index contributed by atoms with van der Waals surface area (Å²) < 4.78 is 4.97. The molecule has 0 bridgehead atoms. The summed E-state index contributed by atoms with van der Waals surface area (Å²) in [5.74, 6) is -0.458. The van der Waals surface area contributed by atoms with E-state index >= 15 is 0 Å². The quantitative estimate of drug-likeness (QED) is 0.813. The second-order valence-corrected chi connectivity index (χ2v) is 5.30. The van der Waals surface area contributed by atoms with E-state index in [4.69, 9.17) is 4.74 Å². The van der Waals surface area contributed by atoms with E-state index in [1.807, 2.05) is 4.90 Å². The van der Waals surface area contributed by atoms with Crippen LogP contribution >= 0.6 is 0 Å². The molecule has 2 aliphatic rings. The zero-order valence-corrected chi connectivity index (χ0v) is 12.8. The molecule has 0 atom stereocenters. The molecule has 1 amide bonds. The van der Waals surface area contributed by atoms with Crippen LogP contribution in [-0.2, 0) is 4.74 Å². The number of carbonyl (C=O) groups excluding carboxylic acids is 3. The SMILES string of the molecule is CCOC(=O)N1CCN(C2=CC(=O)c3ncccc3C2=O)CC1. The maximum atomic E-state index is 12.6. The first-order valence-electron chi connectivity index (χ1n) is 7.54. The molecule has 3 rings (SSSR count). The largest absolute Gasteiger partial charge is 0.450 e. The van der Waals surface area contributed by atoms with Gasteiger partial charge in [0, 0.05) is 38.5 Å². The van der Waals surface area contributed by atoms with Crippen LogP contribution < -0.4 is 0 Å². The van der Waals surface area contributed by atoms with Gasteiger partial charge in [-0.05, 0) is 19.1 Å². The third kappa shape index (κ3) is 2.81. The Kier molecular flexibility index (Phi) is 4.10. The maximum Gasteiger partial charge on any atom is 0.409 e. The molecule has 1 aromatic rings. The lowest BCUT2D eigenvalue weighted by Crippen LogP contribution is -2.49. The zero-order valence-electron chi connectivity index (χ0n) is 12.8. The number of nitrogens with zero attached hydrogens (tertiary/aromatic N) is 3. The Morgan fingerprint density at radius 2 is 2.00 bits per heavy atom. The van der Waals surface area contributed by atoms with Crippen LogP contribution in [0.4, 0.5) is 4.79 Å². The molecule has 120 valence electrons. The molecule has 1 aliphatic carbocycles. The maximum absolute atomic E-state index is 12.6. The molecule has 1 aromatic heterocycles. The summed E-state index contributed by atoms with van der Waals surface area (Å²) in [7, 11) is 0. The number of carbonyl (C=O) groups is 3. The highest BCUT2D eigenvalue weighted by molar-refractivity contribution is 6.23. The number of hydrogen-bond acceptors (Lipinski definition) is 6. The standard InChI is InChI=1S/C16H17N3O4/c1-2-23-16(22)19-8-6-18(7-9-19)12-10-13(20)14-11(15(12)21)4-3-5-17-14/h3-5,10H,2,6-9H2,1H3. The summed E-state index contributed by atoms with van der Waals surface area (Å²) in [5.41, 5.74) is 0.910. The van der Waals surface area contributed by atoms with Crippen molar-refractivity contribution < 1.29 is 19.1 Å². The second kappa shape index (κ2) is 6.20. The molecule has 1 saturated heterocycles. The van der Waals surface area contributed by atoms with E-state index in [-0.39, 0.29) is 23.4 Å². The van der Waals surface area contributed by atoms with Crippen molar-refractivity contribution in [3.63, 3.8) is 0 Å². The number of Topliss-reactive ketones (excluding diaryl/α,β-unsaturated/α-hetero) is 1. The molecule has 1 fully saturated rings. The number of amides is 1. The number of fused-ring (bicyclic) bond motifs is 1. The number of aromatic nitrogens is 1. The zero-order chi connectivity index (χ0) is 16.4. The molecule has 0 saturated carbocycles. The van der Waals surface area contributed by atoms with Crippen molar-refractivity contribution in [2.24, 2.45) is 0 Å². The van der Waals surface area contributed by atoms with Crippen molar-refractivity contribution in [2.45, 2.75) is 6.92 Å². The summed E-state index contributed by atoms with van der Waals surface area (Å²) in [4.78, 5) is 43.8. The molecule has 7 heteroatoms. The minimum atomic E-state index is -0.346. The number of ether oxygens (including phenoxy) is 1. The van der Waals surface area contributed by atoms with Gasteiger partial charge in [0.25, 0.3) is 0 Å². The van der Waals surface area contributed by atoms with Gasteiger partial charge in [0.1, 0.15) is 5.69 Å². The summed E-state index contributed by atoms with van der Waals surface area (Å²) in [6, 6.07) is 3.26. The van der Waals surface area contributed by atoms with Crippen LogP contribution in [0.1, 0.15) is 27.8 Å². The Balaban J connectivity index is 1.73. The van der Waals surface area contributed by atoms with Gasteiger partial charge in [-0.15, -0.1) is 0 Å². The first-order chi connectivity index (χ1) is 11.1. The van der Waals surface area contributed by atoms with Crippen molar-refractivity contribution in [3.8, 4) is 0 Å². The normalized spacial score (nSPS) is 17.7. The van der Waals surface area contributed by atoms with E-state index in [0.717, 1.165) is 0 Å². The van der Waals surface area contributed by atoms with E-state index in [9.17, 15) is 14.4 Å². The average Bonchev–Trinajstić information content (AvgIpc) is 2.58. The summed E-state index contributed by atoms with van der Waals surface area (Å²) in [5, 5.41) is 0. The van der Waals surface area contributed by atoms with Gasteiger partial charge in [-0.1, -0.05) is 0 Å². The smallest absolute Gasteiger partial charge is 0.409 e. The summed E-state index contributed by atoms with van der Waals surface area (Å²) in [6.07, 6.45) is 2.50. The van der Waals surface area contributed by atoms with Gasteiger partial charge in [-0.25, -0.2) is 4.79 Å². The van der Waals surface area contributed by atoms with Crippen LogP contribution in [0.3, 0.4) is 0 Å². The molecule has 0 aromatic carbocycles. The monoisotopic (exact) mass is 315 g/mol. The summed E-state index contributed by atoms with van der Waals surface area (Å²) in [6.45, 7) is 3.98. The van der Waals surface area contributed by atoms with Gasteiger partial charge in [0.15, 0.2) is 0 Å². The molecule has 0 unspecified atom stereocenters. The van der Waals surface area contributed by atoms with Gasteiger partial charge < -0.3 is 14.5 Å². The van der Waals surface area contributed by atoms with Crippen molar-refractivity contribution in [3.05, 3.63) is 41.4 Å². The average molecular weight is 315 g/mol. The van der Waals surface area contributed by atoms with E-state index in [0.29, 0.717) is 44.0 Å². The van der Waals surface area contributed by atoms with Gasteiger partial charge in [-0.3, -0.25) is 14.6 Å². The van der Waals surface area contributed by atoms with E-state index in [1.54, 1.807) is 24.0 Å². The first-order valence-corrected chi connectivity index (χ1v) is 7.54. The number of rotatable bonds is 2. The van der Waals surface area contributed by atoms with Crippen LogP contribution in [-0.4, -0.2) is 65.2 Å². The molecule has 1 aliphatic heterocycles. The van der Waals surface area contributed by atoms with E-state index in [1.165, 1.54) is 12.3 Å². The van der Waals surface area contributed by atoms with Crippen LogP contribution in [0.15, 0.2) is 30.1 Å². The molecule has 0 radical (unpaired) electrons. The highest BCUT2D eigenvalue weighted by atomic mass is 16.6. The molecular weight excluding hydrogens is 298 g/mol. The van der Waals surface area contributed by atoms with Crippen LogP contribution in [0.25, 0.3) is 0 Å².